The number of aliphatic imine (C=N–C) groups is 1. The molecule has 1 rings (SSSR count). The molecular weight excluding hydrogens is 353 g/mol. The van der Waals surface area contributed by atoms with Gasteiger partial charge < -0.3 is 15.8 Å². The largest absolute Gasteiger partial charge is 0.379 e. The van der Waals surface area contributed by atoms with E-state index in [4.69, 9.17) is 10.5 Å². The van der Waals surface area contributed by atoms with Crippen LogP contribution >= 0.6 is 24.0 Å². The van der Waals surface area contributed by atoms with Crippen molar-refractivity contribution >= 4 is 35.6 Å². The lowest BCUT2D eigenvalue weighted by Gasteiger charge is -2.07. The van der Waals surface area contributed by atoms with Crippen molar-refractivity contribution in [1.82, 2.24) is 0 Å². The van der Waals surface area contributed by atoms with Crippen LogP contribution in [0.15, 0.2) is 35.3 Å². The van der Waals surface area contributed by atoms with Crippen molar-refractivity contribution in [1.29, 1.82) is 0 Å². The van der Waals surface area contributed by atoms with Crippen LogP contribution in [0.3, 0.4) is 0 Å². The van der Waals surface area contributed by atoms with Gasteiger partial charge in [0.2, 0.25) is 0 Å². The molecule has 0 saturated carbocycles. The van der Waals surface area contributed by atoms with Gasteiger partial charge in [0.1, 0.15) is 0 Å². The molecule has 4 nitrogen and oxygen atoms in total. The maximum absolute atomic E-state index is 5.78. The summed E-state index contributed by atoms with van der Waals surface area (Å²) in [4.78, 5) is 4.26. The first-order valence-corrected chi connectivity index (χ1v) is 6.42. The molecule has 0 spiro atoms. The fourth-order valence-corrected chi connectivity index (χ4v) is 1.44. The van der Waals surface area contributed by atoms with Crippen LogP contribution in [0.25, 0.3) is 0 Å². The van der Waals surface area contributed by atoms with Gasteiger partial charge in [0.25, 0.3) is 0 Å². The number of halogens is 1. The molecule has 0 aliphatic heterocycles. The Morgan fingerprint density at radius 3 is 2.58 bits per heavy atom. The van der Waals surface area contributed by atoms with Crippen LogP contribution in [0.4, 0.5) is 5.69 Å². The maximum Gasteiger partial charge on any atom is 0.193 e. The highest BCUT2D eigenvalue weighted by atomic mass is 127. The van der Waals surface area contributed by atoms with E-state index in [1.165, 1.54) is 0 Å². The summed E-state index contributed by atoms with van der Waals surface area (Å²) >= 11 is 0. The van der Waals surface area contributed by atoms with Gasteiger partial charge in [-0.15, -0.1) is 24.0 Å². The van der Waals surface area contributed by atoms with Crippen molar-refractivity contribution < 1.29 is 4.74 Å². The molecule has 0 saturated heterocycles. The minimum Gasteiger partial charge on any atom is -0.379 e. The van der Waals surface area contributed by atoms with Crippen molar-refractivity contribution in [2.75, 3.05) is 18.5 Å². The van der Waals surface area contributed by atoms with Gasteiger partial charge in [0.15, 0.2) is 5.96 Å². The molecule has 0 aromatic heterocycles. The normalized spacial score (nSPS) is 11.2. The maximum atomic E-state index is 5.78. The zero-order valence-electron chi connectivity index (χ0n) is 11.6. The first-order valence-electron chi connectivity index (χ1n) is 6.42. The number of unbranched alkanes of at least 4 members (excludes halogenated alkanes) is 1. The smallest absolute Gasteiger partial charge is 0.193 e. The molecule has 19 heavy (non-hydrogen) atoms. The van der Waals surface area contributed by atoms with Crippen LogP contribution in [0.2, 0.25) is 0 Å². The standard InChI is InChI=1S/C14H23N3O.HI/c1-12(2)18-11-7-6-10-16-14(15)17-13-8-4-3-5-9-13;/h3-5,8-9,12H,6-7,10-11H2,1-2H3,(H3,15,16,17);1H. The molecule has 3 N–H and O–H groups in total. The second-order valence-corrected chi connectivity index (χ2v) is 4.38. The van der Waals surface area contributed by atoms with Crippen LogP contribution < -0.4 is 11.1 Å². The van der Waals surface area contributed by atoms with E-state index in [0.29, 0.717) is 12.1 Å². The molecule has 0 fully saturated rings. The number of hydrogen-bond acceptors (Lipinski definition) is 2. The lowest BCUT2D eigenvalue weighted by molar-refractivity contribution is 0.0764. The summed E-state index contributed by atoms with van der Waals surface area (Å²) in [7, 11) is 0. The van der Waals surface area contributed by atoms with Gasteiger partial charge in [0, 0.05) is 18.8 Å². The Morgan fingerprint density at radius 1 is 1.26 bits per heavy atom. The number of hydrogen-bond donors (Lipinski definition) is 2. The molecule has 1 aromatic rings. The minimum atomic E-state index is 0. The van der Waals surface area contributed by atoms with Crippen LogP contribution in [0.1, 0.15) is 26.7 Å². The highest BCUT2D eigenvalue weighted by Crippen LogP contribution is 2.03. The molecule has 0 heterocycles. The van der Waals surface area contributed by atoms with E-state index in [9.17, 15) is 0 Å². The number of nitrogens with zero attached hydrogens (tertiary/aromatic N) is 1. The number of anilines is 1. The summed E-state index contributed by atoms with van der Waals surface area (Å²) in [5.74, 6) is 0.464. The number of nitrogens with two attached hydrogens (primary N) is 1. The molecule has 1 aromatic carbocycles. The molecule has 0 aliphatic carbocycles. The van der Waals surface area contributed by atoms with Crippen LogP contribution in [-0.2, 0) is 4.74 Å². The Hall–Kier alpha value is -0.820. The molecule has 0 atom stereocenters. The average Bonchev–Trinajstić information content (AvgIpc) is 2.34. The first-order chi connectivity index (χ1) is 8.68. The predicted molar refractivity (Wildman–Crippen MR) is 92.3 cm³/mol. The third-order valence-electron chi connectivity index (χ3n) is 2.33. The number of para-hydroxylation sites is 1. The molecule has 0 unspecified atom stereocenters. The number of nitrogens with one attached hydrogen (secondary N) is 1. The Labute approximate surface area is 132 Å². The van der Waals surface area contributed by atoms with Crippen molar-refractivity contribution in [3.63, 3.8) is 0 Å². The third kappa shape index (κ3) is 9.72. The number of rotatable bonds is 7. The Morgan fingerprint density at radius 2 is 1.95 bits per heavy atom. The van der Waals surface area contributed by atoms with E-state index in [2.05, 4.69) is 10.3 Å². The minimum absolute atomic E-state index is 0. The second kappa shape index (κ2) is 11.0. The molecule has 0 radical (unpaired) electrons. The summed E-state index contributed by atoms with van der Waals surface area (Å²) in [6, 6.07) is 9.79. The van der Waals surface area contributed by atoms with E-state index < -0.39 is 0 Å². The quantitative estimate of drug-likeness (QED) is 0.332. The van der Waals surface area contributed by atoms with Gasteiger partial charge in [-0.2, -0.15) is 0 Å². The molecule has 0 amide bonds. The second-order valence-electron chi connectivity index (χ2n) is 4.38. The summed E-state index contributed by atoms with van der Waals surface area (Å²) in [6.45, 7) is 5.60. The van der Waals surface area contributed by atoms with E-state index in [0.717, 1.165) is 31.7 Å². The zero-order valence-corrected chi connectivity index (χ0v) is 14.0. The highest BCUT2D eigenvalue weighted by molar-refractivity contribution is 14.0. The molecule has 0 bridgehead atoms. The van der Waals surface area contributed by atoms with Gasteiger partial charge in [-0.25, -0.2) is 0 Å². The van der Waals surface area contributed by atoms with Crippen molar-refractivity contribution in [2.24, 2.45) is 10.7 Å². The first kappa shape index (κ1) is 18.2. The summed E-state index contributed by atoms with van der Waals surface area (Å²) < 4.78 is 5.45. The van der Waals surface area contributed by atoms with Gasteiger partial charge in [0.05, 0.1) is 6.10 Å². The van der Waals surface area contributed by atoms with E-state index >= 15 is 0 Å². The lowest BCUT2D eigenvalue weighted by Crippen LogP contribution is -2.22. The fourth-order valence-electron chi connectivity index (χ4n) is 1.44. The van der Waals surface area contributed by atoms with E-state index in [1.807, 2.05) is 44.2 Å². The predicted octanol–water partition coefficient (Wildman–Crippen LogP) is 3.24. The van der Waals surface area contributed by atoms with Crippen LogP contribution in [0, 0.1) is 0 Å². The van der Waals surface area contributed by atoms with E-state index in [1.54, 1.807) is 0 Å². The molecular formula is C14H24IN3O. The van der Waals surface area contributed by atoms with Crippen LogP contribution in [0.5, 0.6) is 0 Å². The SMILES string of the molecule is CC(C)OCCCCN=C(N)Nc1ccccc1.I. The van der Waals surface area contributed by atoms with Crippen LogP contribution in [-0.4, -0.2) is 25.2 Å². The highest BCUT2D eigenvalue weighted by Gasteiger charge is 1.95. The van der Waals surface area contributed by atoms with Crippen molar-refractivity contribution in [3.8, 4) is 0 Å². The molecule has 5 heteroatoms. The molecule has 0 aliphatic rings. The molecule has 108 valence electrons. The number of guanidine groups is 1. The van der Waals surface area contributed by atoms with Gasteiger partial charge >= 0.3 is 0 Å². The Kier molecular flexibility index (Phi) is 10.6. The zero-order chi connectivity index (χ0) is 13.2. The Bertz CT molecular complexity index is 355. The third-order valence-corrected chi connectivity index (χ3v) is 2.33. The fraction of sp³-hybridized carbons (Fsp3) is 0.500. The Balaban J connectivity index is 0.00000324. The topological polar surface area (TPSA) is 59.6 Å². The van der Waals surface area contributed by atoms with Crippen molar-refractivity contribution in [2.45, 2.75) is 32.8 Å². The monoisotopic (exact) mass is 377 g/mol. The van der Waals surface area contributed by atoms with Gasteiger partial charge in [-0.3, -0.25) is 4.99 Å². The van der Waals surface area contributed by atoms with E-state index in [-0.39, 0.29) is 24.0 Å². The lowest BCUT2D eigenvalue weighted by atomic mass is 10.3. The summed E-state index contributed by atoms with van der Waals surface area (Å²) in [5.41, 5.74) is 6.74. The van der Waals surface area contributed by atoms with Crippen molar-refractivity contribution in [3.05, 3.63) is 30.3 Å². The van der Waals surface area contributed by atoms with Gasteiger partial charge in [-0.1, -0.05) is 18.2 Å². The average molecular weight is 377 g/mol. The summed E-state index contributed by atoms with van der Waals surface area (Å²) in [5, 5.41) is 3.05. The summed E-state index contributed by atoms with van der Waals surface area (Å²) in [6.07, 6.45) is 2.31. The number of ether oxygens (including phenoxy) is 1. The number of benzene rings is 1. The van der Waals surface area contributed by atoms with Gasteiger partial charge in [-0.05, 0) is 38.8 Å².